The van der Waals surface area contributed by atoms with Gasteiger partial charge in [-0.25, -0.2) is 4.39 Å². The lowest BCUT2D eigenvalue weighted by Gasteiger charge is -2.35. The highest BCUT2D eigenvalue weighted by Gasteiger charge is 2.27. The van der Waals surface area contributed by atoms with Gasteiger partial charge in [-0.1, -0.05) is 31.2 Å². The number of amides is 2. The number of nitrogens with one attached hydrogen (secondary N) is 1. The summed E-state index contributed by atoms with van der Waals surface area (Å²) in [6, 6.07) is 14.1. The molecule has 1 saturated heterocycles. The molecule has 2 aromatic rings. The molecule has 1 fully saturated rings. The molecule has 148 valence electrons. The highest BCUT2D eigenvalue weighted by atomic mass is 19.1. The van der Waals surface area contributed by atoms with E-state index in [9.17, 15) is 14.0 Å². The lowest BCUT2D eigenvalue weighted by Crippen LogP contribution is -2.52. The summed E-state index contributed by atoms with van der Waals surface area (Å²) in [6.45, 7) is 6.11. The van der Waals surface area contributed by atoms with Gasteiger partial charge in [0.05, 0.1) is 6.04 Å². The summed E-state index contributed by atoms with van der Waals surface area (Å²) in [7, 11) is 0. The van der Waals surface area contributed by atoms with Crippen molar-refractivity contribution >= 4 is 17.5 Å². The molecule has 1 aliphatic heterocycles. The molecule has 28 heavy (non-hydrogen) atoms. The zero-order valence-corrected chi connectivity index (χ0v) is 16.3. The Kier molecular flexibility index (Phi) is 6.29. The smallest absolute Gasteiger partial charge is 0.312 e. The molecule has 0 radical (unpaired) electrons. The number of carbonyl (C=O) groups excluding carboxylic acids is 2. The van der Waals surface area contributed by atoms with Crippen LogP contribution in [0, 0.1) is 5.82 Å². The first kappa shape index (κ1) is 19.9. The van der Waals surface area contributed by atoms with Crippen molar-refractivity contribution in [2.45, 2.75) is 26.3 Å². The van der Waals surface area contributed by atoms with Gasteiger partial charge in [0.15, 0.2) is 0 Å². The number of aryl methyl sites for hydroxylation is 1. The molecule has 1 heterocycles. The van der Waals surface area contributed by atoms with E-state index in [0.29, 0.717) is 26.2 Å². The fraction of sp³-hybridized carbons (Fsp3) is 0.364. The average molecular weight is 383 g/mol. The molecular formula is C22H26FN3O2. The lowest BCUT2D eigenvalue weighted by molar-refractivity contribution is -0.146. The molecule has 0 saturated carbocycles. The Balaban J connectivity index is 1.52. The van der Waals surface area contributed by atoms with Crippen LogP contribution in [0.4, 0.5) is 10.1 Å². The van der Waals surface area contributed by atoms with Gasteiger partial charge in [0.25, 0.3) is 0 Å². The van der Waals surface area contributed by atoms with Gasteiger partial charge in [-0.15, -0.1) is 0 Å². The van der Waals surface area contributed by atoms with E-state index in [1.165, 1.54) is 17.7 Å². The number of halogens is 1. The van der Waals surface area contributed by atoms with Crippen molar-refractivity contribution in [1.82, 2.24) is 10.2 Å². The number of hydrogen-bond acceptors (Lipinski definition) is 3. The van der Waals surface area contributed by atoms with Crippen LogP contribution in [0.5, 0.6) is 0 Å². The van der Waals surface area contributed by atoms with E-state index in [1.54, 1.807) is 17.0 Å². The number of carbonyl (C=O) groups is 2. The van der Waals surface area contributed by atoms with Crippen LogP contribution in [-0.2, 0) is 16.0 Å². The summed E-state index contributed by atoms with van der Waals surface area (Å²) < 4.78 is 13.1. The van der Waals surface area contributed by atoms with Crippen LogP contribution in [-0.4, -0.2) is 42.9 Å². The van der Waals surface area contributed by atoms with Crippen LogP contribution in [0.15, 0.2) is 48.5 Å². The number of anilines is 1. The van der Waals surface area contributed by atoms with Crippen LogP contribution in [0.25, 0.3) is 0 Å². The van der Waals surface area contributed by atoms with Gasteiger partial charge in [-0.2, -0.15) is 0 Å². The first-order chi connectivity index (χ1) is 13.5. The SMILES string of the molecule is CCc1ccc(C(C)NC(=O)C(=O)N2CCN(c3ccc(F)cc3)CC2)cc1. The van der Waals surface area contributed by atoms with E-state index in [2.05, 4.69) is 17.1 Å². The van der Waals surface area contributed by atoms with Crippen molar-refractivity contribution in [3.05, 3.63) is 65.5 Å². The third kappa shape index (κ3) is 4.68. The quantitative estimate of drug-likeness (QED) is 0.826. The zero-order chi connectivity index (χ0) is 20.1. The topological polar surface area (TPSA) is 52.7 Å². The molecule has 1 N–H and O–H groups in total. The summed E-state index contributed by atoms with van der Waals surface area (Å²) in [6.07, 6.45) is 0.962. The standard InChI is InChI=1S/C22H26FN3O2/c1-3-17-4-6-18(7-5-17)16(2)24-21(27)22(28)26-14-12-25(13-15-26)20-10-8-19(23)9-11-20/h4-11,16H,3,12-15H2,1-2H3,(H,24,27). The van der Waals surface area contributed by atoms with Gasteiger partial charge < -0.3 is 15.1 Å². The maximum absolute atomic E-state index is 13.1. The van der Waals surface area contributed by atoms with Crippen LogP contribution in [0.3, 0.4) is 0 Å². The minimum absolute atomic E-state index is 0.233. The summed E-state index contributed by atoms with van der Waals surface area (Å²) >= 11 is 0. The molecule has 0 aromatic heterocycles. The molecule has 1 atom stereocenters. The van der Waals surface area contributed by atoms with Gasteiger partial charge in [-0.05, 0) is 48.7 Å². The Morgan fingerprint density at radius 1 is 1.00 bits per heavy atom. The Morgan fingerprint density at radius 3 is 2.18 bits per heavy atom. The predicted octanol–water partition coefficient (Wildman–Crippen LogP) is 2.91. The van der Waals surface area contributed by atoms with Gasteiger partial charge in [-0.3, -0.25) is 9.59 Å². The molecule has 0 bridgehead atoms. The third-order valence-corrected chi connectivity index (χ3v) is 5.19. The van der Waals surface area contributed by atoms with Crippen molar-refractivity contribution in [1.29, 1.82) is 0 Å². The molecule has 2 amide bonds. The monoisotopic (exact) mass is 383 g/mol. The van der Waals surface area contributed by atoms with Crippen LogP contribution in [0.1, 0.15) is 31.0 Å². The Hall–Kier alpha value is -2.89. The maximum Gasteiger partial charge on any atom is 0.312 e. The van der Waals surface area contributed by atoms with Crippen LogP contribution >= 0.6 is 0 Å². The fourth-order valence-corrected chi connectivity index (χ4v) is 3.35. The Labute approximate surface area is 165 Å². The minimum Gasteiger partial charge on any atom is -0.368 e. The van der Waals surface area contributed by atoms with Crippen LogP contribution < -0.4 is 10.2 Å². The molecule has 3 rings (SSSR count). The van der Waals surface area contributed by atoms with Gasteiger partial charge >= 0.3 is 11.8 Å². The van der Waals surface area contributed by atoms with Gasteiger partial charge in [0.2, 0.25) is 0 Å². The zero-order valence-electron chi connectivity index (χ0n) is 16.3. The van der Waals surface area contributed by atoms with Crippen molar-refractivity contribution < 1.29 is 14.0 Å². The summed E-state index contributed by atoms with van der Waals surface area (Å²) in [4.78, 5) is 28.5. The van der Waals surface area contributed by atoms with Crippen molar-refractivity contribution in [2.75, 3.05) is 31.1 Å². The molecule has 6 heteroatoms. The summed E-state index contributed by atoms with van der Waals surface area (Å²) in [5.74, 6) is -1.36. The molecule has 1 unspecified atom stereocenters. The normalized spacial score (nSPS) is 15.2. The largest absolute Gasteiger partial charge is 0.368 e. The second-order valence-electron chi connectivity index (χ2n) is 7.05. The number of hydrogen-bond donors (Lipinski definition) is 1. The Bertz CT molecular complexity index is 813. The lowest BCUT2D eigenvalue weighted by atomic mass is 10.0. The summed E-state index contributed by atoms with van der Waals surface area (Å²) in [5.41, 5.74) is 3.12. The maximum atomic E-state index is 13.1. The third-order valence-electron chi connectivity index (χ3n) is 5.19. The van der Waals surface area contributed by atoms with E-state index in [1.807, 2.05) is 31.2 Å². The average Bonchev–Trinajstić information content (AvgIpc) is 2.74. The first-order valence-electron chi connectivity index (χ1n) is 9.67. The molecular weight excluding hydrogens is 357 g/mol. The van der Waals surface area contributed by atoms with E-state index in [0.717, 1.165) is 17.7 Å². The number of rotatable bonds is 4. The highest BCUT2D eigenvalue weighted by molar-refractivity contribution is 6.35. The van der Waals surface area contributed by atoms with E-state index >= 15 is 0 Å². The van der Waals surface area contributed by atoms with Crippen LogP contribution in [0.2, 0.25) is 0 Å². The number of nitrogens with zero attached hydrogens (tertiary/aromatic N) is 2. The van der Waals surface area contributed by atoms with E-state index in [4.69, 9.17) is 0 Å². The van der Waals surface area contributed by atoms with Crippen molar-refractivity contribution in [2.24, 2.45) is 0 Å². The van der Waals surface area contributed by atoms with E-state index < -0.39 is 11.8 Å². The number of benzene rings is 2. The molecule has 0 aliphatic carbocycles. The van der Waals surface area contributed by atoms with Crippen molar-refractivity contribution in [3.63, 3.8) is 0 Å². The number of piperazine rings is 1. The second-order valence-corrected chi connectivity index (χ2v) is 7.05. The Morgan fingerprint density at radius 2 is 1.61 bits per heavy atom. The second kappa shape index (κ2) is 8.87. The highest BCUT2D eigenvalue weighted by Crippen LogP contribution is 2.17. The molecule has 0 spiro atoms. The molecule has 1 aliphatic rings. The molecule has 2 aromatic carbocycles. The minimum atomic E-state index is -0.581. The van der Waals surface area contributed by atoms with E-state index in [-0.39, 0.29) is 11.9 Å². The first-order valence-corrected chi connectivity index (χ1v) is 9.67. The predicted molar refractivity (Wildman–Crippen MR) is 108 cm³/mol. The van der Waals surface area contributed by atoms with Gasteiger partial charge in [0, 0.05) is 31.9 Å². The molecule has 5 nitrogen and oxygen atoms in total. The summed E-state index contributed by atoms with van der Waals surface area (Å²) in [5, 5.41) is 2.79. The van der Waals surface area contributed by atoms with Crippen molar-refractivity contribution in [3.8, 4) is 0 Å². The fourth-order valence-electron chi connectivity index (χ4n) is 3.35. The van der Waals surface area contributed by atoms with Gasteiger partial charge in [0.1, 0.15) is 5.82 Å².